The van der Waals surface area contributed by atoms with Crippen LogP contribution in [0.3, 0.4) is 0 Å². The monoisotopic (exact) mass is 235 g/mol. The molecule has 0 aromatic heterocycles. The summed E-state index contributed by atoms with van der Waals surface area (Å²) in [7, 11) is 1.98. The Kier molecular flexibility index (Phi) is 5.66. The summed E-state index contributed by atoms with van der Waals surface area (Å²) in [5, 5.41) is 0. The minimum atomic E-state index is -0.299. The fourth-order valence-electron chi connectivity index (χ4n) is 1.78. The minimum absolute atomic E-state index is 0.0382. The molecule has 0 saturated carbocycles. The van der Waals surface area contributed by atoms with E-state index in [0.717, 1.165) is 13.0 Å². The lowest BCUT2D eigenvalue weighted by atomic mass is 10.1. The van der Waals surface area contributed by atoms with Crippen molar-refractivity contribution in [3.8, 4) is 0 Å². The molecule has 94 valence electrons. The Morgan fingerprint density at radius 2 is 2.00 bits per heavy atom. The lowest BCUT2D eigenvalue weighted by Gasteiger charge is -2.25. The summed E-state index contributed by atoms with van der Waals surface area (Å²) in [6.07, 6.45) is 1.27. The van der Waals surface area contributed by atoms with Gasteiger partial charge in [-0.15, -0.1) is 0 Å². The molecule has 1 aromatic carbocycles. The van der Waals surface area contributed by atoms with Crippen LogP contribution in [0.1, 0.15) is 12.0 Å². The first kappa shape index (κ1) is 13.7. The zero-order valence-electron chi connectivity index (χ0n) is 10.3. The molecule has 0 heterocycles. The number of nitrogens with two attached hydrogens (primary N) is 2. The van der Waals surface area contributed by atoms with Crippen molar-refractivity contribution >= 4 is 5.91 Å². The molecule has 0 spiro atoms. The minimum Gasteiger partial charge on any atom is -0.370 e. The fourth-order valence-corrected chi connectivity index (χ4v) is 1.78. The number of primary amides is 1. The third-order valence-electron chi connectivity index (χ3n) is 2.93. The standard InChI is InChI=1S/C13H21N3O/c1-16(12(10-14)9-13(15)17)8-7-11-5-3-2-4-6-11/h2-6,12H,7-10,14H2,1H3,(H2,15,17). The second-order valence-electron chi connectivity index (χ2n) is 4.28. The summed E-state index contributed by atoms with van der Waals surface area (Å²) < 4.78 is 0. The molecule has 1 unspecified atom stereocenters. The molecule has 1 amide bonds. The Balaban J connectivity index is 2.42. The smallest absolute Gasteiger partial charge is 0.219 e. The van der Waals surface area contributed by atoms with Crippen molar-refractivity contribution in [3.05, 3.63) is 35.9 Å². The average molecular weight is 235 g/mol. The first-order valence-corrected chi connectivity index (χ1v) is 5.86. The molecule has 0 aliphatic heterocycles. The predicted octanol–water partition coefficient (Wildman–Crippen LogP) is 0.364. The number of likely N-dealkylation sites (N-methyl/N-ethyl adjacent to an activating group) is 1. The Morgan fingerprint density at radius 3 is 2.53 bits per heavy atom. The third-order valence-corrected chi connectivity index (χ3v) is 2.93. The lowest BCUT2D eigenvalue weighted by molar-refractivity contribution is -0.119. The number of hydrogen-bond acceptors (Lipinski definition) is 3. The second-order valence-corrected chi connectivity index (χ2v) is 4.28. The first-order valence-electron chi connectivity index (χ1n) is 5.86. The summed E-state index contributed by atoms with van der Waals surface area (Å²) in [4.78, 5) is 13.0. The van der Waals surface area contributed by atoms with Crippen LogP contribution in [0.2, 0.25) is 0 Å². The van der Waals surface area contributed by atoms with Crippen molar-refractivity contribution in [2.75, 3.05) is 20.1 Å². The Labute approximate surface area is 103 Å². The Hall–Kier alpha value is -1.39. The van der Waals surface area contributed by atoms with Crippen LogP contribution < -0.4 is 11.5 Å². The number of carbonyl (C=O) groups excluding carboxylic acids is 1. The van der Waals surface area contributed by atoms with Gasteiger partial charge < -0.3 is 16.4 Å². The van der Waals surface area contributed by atoms with Gasteiger partial charge in [0.2, 0.25) is 5.91 Å². The quantitative estimate of drug-likeness (QED) is 0.717. The molecule has 4 nitrogen and oxygen atoms in total. The molecular weight excluding hydrogens is 214 g/mol. The zero-order valence-corrected chi connectivity index (χ0v) is 10.3. The van der Waals surface area contributed by atoms with Crippen LogP contribution in [0.5, 0.6) is 0 Å². The molecule has 0 aliphatic rings. The van der Waals surface area contributed by atoms with Crippen LogP contribution >= 0.6 is 0 Å². The van der Waals surface area contributed by atoms with E-state index in [0.29, 0.717) is 13.0 Å². The van der Waals surface area contributed by atoms with Crippen LogP contribution in [-0.4, -0.2) is 37.0 Å². The van der Waals surface area contributed by atoms with E-state index < -0.39 is 0 Å². The van der Waals surface area contributed by atoms with E-state index in [4.69, 9.17) is 11.5 Å². The van der Waals surface area contributed by atoms with Gasteiger partial charge in [-0.3, -0.25) is 4.79 Å². The molecule has 0 radical (unpaired) electrons. The van der Waals surface area contributed by atoms with E-state index in [-0.39, 0.29) is 11.9 Å². The summed E-state index contributed by atoms with van der Waals surface area (Å²) in [6.45, 7) is 1.33. The maximum atomic E-state index is 10.9. The molecular formula is C13H21N3O. The van der Waals surface area contributed by atoms with E-state index in [1.54, 1.807) is 0 Å². The number of benzene rings is 1. The maximum absolute atomic E-state index is 10.9. The van der Waals surface area contributed by atoms with Crippen molar-refractivity contribution in [1.82, 2.24) is 4.90 Å². The highest BCUT2D eigenvalue weighted by Gasteiger charge is 2.15. The summed E-state index contributed by atoms with van der Waals surface area (Å²) in [5.41, 5.74) is 12.1. The number of rotatable bonds is 7. The van der Waals surface area contributed by atoms with Gasteiger partial charge >= 0.3 is 0 Å². The summed E-state index contributed by atoms with van der Waals surface area (Å²) in [5.74, 6) is -0.299. The molecule has 1 atom stereocenters. The number of nitrogens with zero attached hydrogens (tertiary/aromatic N) is 1. The molecule has 0 bridgehead atoms. The van der Waals surface area contributed by atoms with E-state index >= 15 is 0 Å². The first-order chi connectivity index (χ1) is 8.13. The largest absolute Gasteiger partial charge is 0.370 e. The van der Waals surface area contributed by atoms with E-state index in [2.05, 4.69) is 17.0 Å². The van der Waals surface area contributed by atoms with Crippen LogP contribution in [0.15, 0.2) is 30.3 Å². The number of carbonyl (C=O) groups is 1. The second kappa shape index (κ2) is 7.04. The van der Waals surface area contributed by atoms with Gasteiger partial charge in [-0.2, -0.15) is 0 Å². The molecule has 0 fully saturated rings. The zero-order chi connectivity index (χ0) is 12.7. The van der Waals surface area contributed by atoms with Gasteiger partial charge in [0.15, 0.2) is 0 Å². The van der Waals surface area contributed by atoms with E-state index in [9.17, 15) is 4.79 Å². The van der Waals surface area contributed by atoms with Crippen molar-refractivity contribution in [3.63, 3.8) is 0 Å². The molecule has 4 heteroatoms. The van der Waals surface area contributed by atoms with Gasteiger partial charge in [0.1, 0.15) is 0 Å². The van der Waals surface area contributed by atoms with E-state index in [1.807, 2.05) is 25.2 Å². The lowest BCUT2D eigenvalue weighted by Crippen LogP contribution is -2.41. The van der Waals surface area contributed by atoms with Crippen molar-refractivity contribution in [2.45, 2.75) is 18.9 Å². The van der Waals surface area contributed by atoms with E-state index in [1.165, 1.54) is 5.56 Å². The molecule has 0 aliphatic carbocycles. The highest BCUT2D eigenvalue weighted by atomic mass is 16.1. The fraction of sp³-hybridized carbons (Fsp3) is 0.462. The molecule has 1 aromatic rings. The van der Waals surface area contributed by atoms with Crippen molar-refractivity contribution < 1.29 is 4.79 Å². The Morgan fingerprint density at radius 1 is 1.35 bits per heavy atom. The van der Waals surface area contributed by atoms with Crippen molar-refractivity contribution in [1.29, 1.82) is 0 Å². The third kappa shape index (κ3) is 4.97. The number of hydrogen-bond donors (Lipinski definition) is 2. The molecule has 0 saturated heterocycles. The van der Waals surface area contributed by atoms with Gasteiger partial charge in [0.25, 0.3) is 0 Å². The predicted molar refractivity (Wildman–Crippen MR) is 69.4 cm³/mol. The van der Waals surface area contributed by atoms with Crippen molar-refractivity contribution in [2.24, 2.45) is 11.5 Å². The highest BCUT2D eigenvalue weighted by Crippen LogP contribution is 2.04. The summed E-state index contributed by atoms with van der Waals surface area (Å²) >= 11 is 0. The molecule has 1 rings (SSSR count). The normalized spacial score (nSPS) is 12.6. The van der Waals surface area contributed by atoms with Crippen LogP contribution in [-0.2, 0) is 11.2 Å². The Bertz CT molecular complexity index is 340. The van der Waals surface area contributed by atoms with Crippen LogP contribution in [0, 0.1) is 0 Å². The molecule has 4 N–H and O–H groups in total. The highest BCUT2D eigenvalue weighted by molar-refractivity contribution is 5.74. The maximum Gasteiger partial charge on any atom is 0.219 e. The van der Waals surface area contributed by atoms with Gasteiger partial charge in [-0.1, -0.05) is 30.3 Å². The van der Waals surface area contributed by atoms with Gasteiger partial charge in [-0.05, 0) is 19.0 Å². The van der Waals surface area contributed by atoms with Crippen LogP contribution in [0.4, 0.5) is 0 Å². The summed E-state index contributed by atoms with van der Waals surface area (Å²) in [6, 6.07) is 10.3. The van der Waals surface area contributed by atoms with Gasteiger partial charge in [-0.25, -0.2) is 0 Å². The van der Waals surface area contributed by atoms with Gasteiger partial charge in [0, 0.05) is 25.6 Å². The topological polar surface area (TPSA) is 72.3 Å². The SMILES string of the molecule is CN(CCc1ccccc1)C(CN)CC(N)=O. The average Bonchev–Trinajstić information content (AvgIpc) is 2.34. The van der Waals surface area contributed by atoms with Crippen LogP contribution in [0.25, 0.3) is 0 Å². The van der Waals surface area contributed by atoms with Gasteiger partial charge in [0.05, 0.1) is 0 Å². The number of amides is 1. The molecule has 17 heavy (non-hydrogen) atoms.